The van der Waals surface area contributed by atoms with E-state index in [1.807, 2.05) is 0 Å². The standard InChI is InChI=1S/C18H34S6/c1-16(2)15-4-5-17(16,3)18(14-15,23-12-10-21-8-6-19)24-13-11-22-9-7-20/h15,19-20H,4-14H2,1-3H3. The van der Waals surface area contributed by atoms with E-state index < -0.39 is 0 Å². The van der Waals surface area contributed by atoms with Gasteiger partial charge in [-0.05, 0) is 47.5 Å². The van der Waals surface area contributed by atoms with Gasteiger partial charge in [0.05, 0.1) is 4.08 Å². The van der Waals surface area contributed by atoms with Crippen LogP contribution in [-0.4, -0.2) is 50.1 Å². The summed E-state index contributed by atoms with van der Waals surface area (Å²) in [6.45, 7) is 7.72. The first-order valence-electron chi connectivity index (χ1n) is 9.09. The summed E-state index contributed by atoms with van der Waals surface area (Å²) in [4.78, 5) is 0. The molecule has 2 rings (SSSR count). The van der Waals surface area contributed by atoms with Crippen LogP contribution >= 0.6 is 72.3 Å². The zero-order valence-corrected chi connectivity index (χ0v) is 20.4. The molecular formula is C18H34S6. The van der Waals surface area contributed by atoms with Crippen LogP contribution < -0.4 is 0 Å². The highest BCUT2D eigenvalue weighted by Gasteiger charge is 2.68. The van der Waals surface area contributed by atoms with Gasteiger partial charge in [0.15, 0.2) is 0 Å². The van der Waals surface area contributed by atoms with Gasteiger partial charge in [0.25, 0.3) is 0 Å². The van der Waals surface area contributed by atoms with Crippen molar-refractivity contribution < 1.29 is 0 Å². The quantitative estimate of drug-likeness (QED) is 0.206. The van der Waals surface area contributed by atoms with Gasteiger partial charge in [-0.15, -0.1) is 23.5 Å². The van der Waals surface area contributed by atoms with E-state index in [2.05, 4.69) is 93.1 Å². The Balaban J connectivity index is 1.97. The lowest BCUT2D eigenvalue weighted by atomic mass is 9.70. The van der Waals surface area contributed by atoms with Gasteiger partial charge < -0.3 is 0 Å². The van der Waals surface area contributed by atoms with Crippen molar-refractivity contribution in [3.05, 3.63) is 0 Å². The number of hydrogen-bond donors (Lipinski definition) is 2. The third-order valence-electron chi connectivity index (χ3n) is 6.39. The third-order valence-corrected chi connectivity index (χ3v) is 13.6. The molecule has 2 saturated carbocycles. The monoisotopic (exact) mass is 442 g/mol. The van der Waals surface area contributed by atoms with Crippen molar-refractivity contribution in [2.45, 2.75) is 44.1 Å². The first-order chi connectivity index (χ1) is 11.4. The molecule has 2 fully saturated rings. The maximum atomic E-state index is 4.33. The number of fused-ring (bicyclic) bond motifs is 2. The van der Waals surface area contributed by atoms with Crippen LogP contribution in [0.3, 0.4) is 0 Å². The molecule has 0 amide bonds. The molecule has 0 aromatic rings. The summed E-state index contributed by atoms with van der Waals surface area (Å²) < 4.78 is 0.447. The Morgan fingerprint density at radius 2 is 1.38 bits per heavy atom. The molecule has 142 valence electrons. The van der Waals surface area contributed by atoms with Crippen molar-refractivity contribution in [2.75, 3.05) is 46.0 Å². The van der Waals surface area contributed by atoms with E-state index in [0.29, 0.717) is 14.9 Å². The fourth-order valence-corrected chi connectivity index (χ4v) is 11.1. The molecule has 6 heteroatoms. The summed E-state index contributed by atoms with van der Waals surface area (Å²) in [7, 11) is 0. The van der Waals surface area contributed by atoms with Crippen molar-refractivity contribution in [3.63, 3.8) is 0 Å². The van der Waals surface area contributed by atoms with Crippen LogP contribution in [0.1, 0.15) is 40.0 Å². The molecule has 0 spiro atoms. The number of thiol groups is 2. The van der Waals surface area contributed by atoms with E-state index in [0.717, 1.165) is 17.4 Å². The fraction of sp³-hybridized carbons (Fsp3) is 1.00. The first kappa shape index (κ1) is 22.4. The maximum absolute atomic E-state index is 4.33. The molecule has 0 aromatic carbocycles. The summed E-state index contributed by atoms with van der Waals surface area (Å²) in [5, 5.41) is 0. The predicted molar refractivity (Wildman–Crippen MR) is 129 cm³/mol. The van der Waals surface area contributed by atoms with Gasteiger partial charge >= 0.3 is 0 Å². The minimum atomic E-state index is 0.447. The highest BCUT2D eigenvalue weighted by atomic mass is 32.2. The summed E-state index contributed by atoms with van der Waals surface area (Å²) in [6.07, 6.45) is 4.31. The molecule has 0 aliphatic heterocycles. The van der Waals surface area contributed by atoms with Crippen LogP contribution in [0.15, 0.2) is 0 Å². The molecule has 2 bridgehead atoms. The fourth-order valence-electron chi connectivity index (χ4n) is 4.53. The van der Waals surface area contributed by atoms with Crippen LogP contribution in [0.4, 0.5) is 0 Å². The highest BCUT2D eigenvalue weighted by molar-refractivity contribution is 8.19. The number of hydrogen-bond acceptors (Lipinski definition) is 6. The van der Waals surface area contributed by atoms with E-state index >= 15 is 0 Å². The van der Waals surface area contributed by atoms with Crippen molar-refractivity contribution in [3.8, 4) is 0 Å². The lowest BCUT2D eigenvalue weighted by Gasteiger charge is -2.48. The molecule has 0 aromatic heterocycles. The van der Waals surface area contributed by atoms with Crippen LogP contribution in [0.5, 0.6) is 0 Å². The molecule has 0 heterocycles. The van der Waals surface area contributed by atoms with E-state index in [1.54, 1.807) is 0 Å². The zero-order chi connectivity index (χ0) is 17.7. The lowest BCUT2D eigenvalue weighted by molar-refractivity contribution is 0.149. The Labute approximate surface area is 178 Å². The van der Waals surface area contributed by atoms with E-state index in [4.69, 9.17) is 0 Å². The summed E-state index contributed by atoms with van der Waals surface area (Å²) in [5.74, 6) is 10.5. The van der Waals surface area contributed by atoms with Gasteiger partial charge in [0, 0.05) is 34.5 Å². The average molecular weight is 443 g/mol. The topological polar surface area (TPSA) is 0 Å². The largest absolute Gasteiger partial charge is 0.179 e. The predicted octanol–water partition coefficient (Wildman–Crippen LogP) is 6.32. The van der Waals surface area contributed by atoms with E-state index in [-0.39, 0.29) is 0 Å². The van der Waals surface area contributed by atoms with Gasteiger partial charge in [-0.2, -0.15) is 48.8 Å². The Hall–Kier alpha value is 2.10. The Kier molecular flexibility index (Phi) is 9.37. The van der Waals surface area contributed by atoms with Gasteiger partial charge in [-0.1, -0.05) is 20.8 Å². The normalized spacial score (nSPS) is 30.1. The van der Waals surface area contributed by atoms with E-state index in [9.17, 15) is 0 Å². The second-order valence-electron chi connectivity index (χ2n) is 7.62. The van der Waals surface area contributed by atoms with Crippen molar-refractivity contribution in [2.24, 2.45) is 16.7 Å². The van der Waals surface area contributed by atoms with Gasteiger partial charge in [-0.25, -0.2) is 0 Å². The third kappa shape index (κ3) is 4.56. The van der Waals surface area contributed by atoms with E-state index in [1.165, 1.54) is 53.8 Å². The second-order valence-corrected chi connectivity index (χ2v) is 14.0. The van der Waals surface area contributed by atoms with Crippen LogP contribution in [0.2, 0.25) is 0 Å². The Bertz CT molecular complexity index is 372. The Morgan fingerprint density at radius 3 is 1.75 bits per heavy atom. The number of rotatable bonds is 12. The molecule has 2 aliphatic rings. The van der Waals surface area contributed by atoms with Crippen molar-refractivity contribution in [1.29, 1.82) is 0 Å². The van der Waals surface area contributed by atoms with Crippen molar-refractivity contribution >= 4 is 72.3 Å². The molecule has 0 nitrogen and oxygen atoms in total. The molecule has 2 unspecified atom stereocenters. The second kappa shape index (κ2) is 10.0. The smallest absolute Gasteiger partial charge is 0.0672 e. The summed E-state index contributed by atoms with van der Waals surface area (Å²) >= 11 is 17.4. The lowest BCUT2D eigenvalue weighted by Crippen LogP contribution is -2.43. The zero-order valence-electron chi connectivity index (χ0n) is 15.4. The molecule has 24 heavy (non-hydrogen) atoms. The number of thioether (sulfide) groups is 4. The average Bonchev–Trinajstić information content (AvgIpc) is 2.87. The van der Waals surface area contributed by atoms with Crippen LogP contribution in [-0.2, 0) is 0 Å². The molecule has 2 aliphatic carbocycles. The highest BCUT2D eigenvalue weighted by Crippen LogP contribution is 2.76. The molecule has 0 saturated heterocycles. The minimum Gasteiger partial charge on any atom is -0.179 e. The Morgan fingerprint density at radius 1 is 0.833 bits per heavy atom. The first-order valence-corrected chi connectivity index (χ1v) is 14.6. The van der Waals surface area contributed by atoms with Gasteiger partial charge in [0.1, 0.15) is 0 Å². The van der Waals surface area contributed by atoms with Gasteiger partial charge in [0.2, 0.25) is 0 Å². The molecule has 2 atom stereocenters. The SMILES string of the molecule is CC1(C)C2CCC1(C)C(SCCSCCS)(SCCSCCS)C2. The maximum Gasteiger partial charge on any atom is 0.0672 e. The van der Waals surface area contributed by atoms with Crippen LogP contribution in [0, 0.1) is 16.7 Å². The van der Waals surface area contributed by atoms with Crippen molar-refractivity contribution in [1.82, 2.24) is 0 Å². The van der Waals surface area contributed by atoms with Gasteiger partial charge in [-0.3, -0.25) is 0 Å². The minimum absolute atomic E-state index is 0.447. The summed E-state index contributed by atoms with van der Waals surface area (Å²) in [5.41, 5.74) is 0.992. The molecule has 0 radical (unpaired) electrons. The van der Waals surface area contributed by atoms with Crippen LogP contribution in [0.25, 0.3) is 0 Å². The molecule has 0 N–H and O–H groups in total. The molecular weight excluding hydrogens is 409 g/mol. The summed E-state index contributed by atoms with van der Waals surface area (Å²) in [6, 6.07) is 0.